The number of H-pyrrole nitrogens is 1. The Morgan fingerprint density at radius 1 is 1.14 bits per heavy atom. The van der Waals surface area contributed by atoms with Gasteiger partial charge in [0.15, 0.2) is 0 Å². The maximum Gasteiger partial charge on any atom is 0.0589 e. The summed E-state index contributed by atoms with van der Waals surface area (Å²) in [6.07, 6.45) is 1.45. The standard InChI is InChI=1S/C18H18BrNO/c1-11-13(8-9-21-11)18(19)12-6-7-17-15(10-12)14-4-2-3-5-16(14)20-17/h2-7,10-11,13,18,20H,8-9H2,1H3. The predicted octanol–water partition coefficient (Wildman–Crippen LogP) is 5.18. The number of para-hydroxylation sites is 1. The smallest absolute Gasteiger partial charge is 0.0589 e. The van der Waals surface area contributed by atoms with E-state index in [1.807, 2.05) is 0 Å². The molecule has 0 radical (unpaired) electrons. The molecular weight excluding hydrogens is 326 g/mol. The van der Waals surface area contributed by atoms with E-state index in [1.165, 1.54) is 27.4 Å². The second kappa shape index (κ2) is 5.15. The van der Waals surface area contributed by atoms with Crippen molar-refractivity contribution in [2.45, 2.75) is 24.3 Å². The first-order valence-electron chi connectivity index (χ1n) is 7.50. The fourth-order valence-corrected chi connectivity index (χ4v) is 4.40. The van der Waals surface area contributed by atoms with Crippen LogP contribution < -0.4 is 0 Å². The lowest BCUT2D eigenvalue weighted by Gasteiger charge is -2.21. The molecule has 1 aliphatic heterocycles. The lowest BCUT2D eigenvalue weighted by atomic mass is 9.93. The Balaban J connectivity index is 1.80. The van der Waals surface area contributed by atoms with E-state index < -0.39 is 0 Å². The van der Waals surface area contributed by atoms with Crippen LogP contribution in [0.15, 0.2) is 42.5 Å². The van der Waals surface area contributed by atoms with Crippen LogP contribution in [0.2, 0.25) is 0 Å². The second-order valence-electron chi connectivity index (χ2n) is 5.91. The zero-order valence-electron chi connectivity index (χ0n) is 12.0. The van der Waals surface area contributed by atoms with E-state index in [-0.39, 0.29) is 0 Å². The third-order valence-electron chi connectivity index (χ3n) is 4.66. The number of halogens is 1. The zero-order valence-corrected chi connectivity index (χ0v) is 13.6. The van der Waals surface area contributed by atoms with Crippen LogP contribution in [0.1, 0.15) is 23.7 Å². The Bertz CT molecular complexity index is 794. The molecule has 0 aliphatic carbocycles. The summed E-state index contributed by atoms with van der Waals surface area (Å²) in [5.74, 6) is 0.549. The van der Waals surface area contributed by atoms with Gasteiger partial charge < -0.3 is 9.72 Å². The number of hydrogen-bond acceptors (Lipinski definition) is 1. The lowest BCUT2D eigenvalue weighted by Crippen LogP contribution is -2.16. The topological polar surface area (TPSA) is 25.0 Å². The second-order valence-corrected chi connectivity index (χ2v) is 6.89. The molecule has 2 nitrogen and oxygen atoms in total. The molecule has 0 amide bonds. The summed E-state index contributed by atoms with van der Waals surface area (Å²) in [5.41, 5.74) is 3.75. The lowest BCUT2D eigenvalue weighted by molar-refractivity contribution is 0.105. The molecule has 3 heteroatoms. The maximum atomic E-state index is 5.71. The van der Waals surface area contributed by atoms with Crippen LogP contribution in [0.3, 0.4) is 0 Å². The Hall–Kier alpha value is -1.32. The molecule has 2 aromatic carbocycles. The summed E-state index contributed by atoms with van der Waals surface area (Å²) in [6.45, 7) is 3.05. The number of hydrogen-bond donors (Lipinski definition) is 1. The normalized spacial score (nSPS) is 23.9. The van der Waals surface area contributed by atoms with Gasteiger partial charge in [0, 0.05) is 39.2 Å². The quantitative estimate of drug-likeness (QED) is 0.637. The number of fused-ring (bicyclic) bond motifs is 3. The summed E-state index contributed by atoms with van der Waals surface area (Å²) in [4.78, 5) is 3.84. The Labute approximate surface area is 132 Å². The fourth-order valence-electron chi connectivity index (χ4n) is 3.42. The van der Waals surface area contributed by atoms with Gasteiger partial charge in [-0.1, -0.05) is 40.2 Å². The van der Waals surface area contributed by atoms with Gasteiger partial charge >= 0.3 is 0 Å². The number of rotatable bonds is 2. The molecule has 0 saturated carbocycles. The highest BCUT2D eigenvalue weighted by atomic mass is 79.9. The van der Waals surface area contributed by atoms with E-state index in [4.69, 9.17) is 4.74 Å². The van der Waals surface area contributed by atoms with E-state index in [9.17, 15) is 0 Å². The number of aromatic nitrogens is 1. The van der Waals surface area contributed by atoms with Gasteiger partial charge in [-0.2, -0.15) is 0 Å². The van der Waals surface area contributed by atoms with Crippen LogP contribution in [0.5, 0.6) is 0 Å². The summed E-state index contributed by atoms with van der Waals surface area (Å²) < 4.78 is 5.71. The van der Waals surface area contributed by atoms with Crippen molar-refractivity contribution in [2.24, 2.45) is 5.92 Å². The van der Waals surface area contributed by atoms with Crippen molar-refractivity contribution in [3.8, 4) is 0 Å². The average molecular weight is 344 g/mol. The highest BCUT2D eigenvalue weighted by Gasteiger charge is 2.31. The van der Waals surface area contributed by atoms with E-state index in [2.05, 4.69) is 70.3 Å². The Morgan fingerprint density at radius 2 is 1.95 bits per heavy atom. The highest BCUT2D eigenvalue weighted by molar-refractivity contribution is 9.09. The number of alkyl halides is 1. The molecule has 21 heavy (non-hydrogen) atoms. The summed E-state index contributed by atoms with van der Waals surface area (Å²) in [7, 11) is 0. The van der Waals surface area contributed by atoms with Gasteiger partial charge in [0.05, 0.1) is 6.10 Å². The first-order chi connectivity index (χ1) is 10.2. The molecule has 108 valence electrons. The Morgan fingerprint density at radius 3 is 2.76 bits per heavy atom. The molecule has 4 rings (SSSR count). The van der Waals surface area contributed by atoms with Gasteiger partial charge in [-0.15, -0.1) is 0 Å². The molecular formula is C18H18BrNO. The number of ether oxygens (including phenoxy) is 1. The van der Waals surface area contributed by atoms with Crippen molar-refractivity contribution in [3.63, 3.8) is 0 Å². The van der Waals surface area contributed by atoms with Gasteiger partial charge in [0.1, 0.15) is 0 Å². The summed E-state index contributed by atoms with van der Waals surface area (Å²) >= 11 is 3.90. The molecule has 2 heterocycles. The molecule has 0 spiro atoms. The van der Waals surface area contributed by atoms with E-state index >= 15 is 0 Å². The van der Waals surface area contributed by atoms with Crippen molar-refractivity contribution in [1.29, 1.82) is 0 Å². The van der Waals surface area contributed by atoms with Crippen LogP contribution in [-0.4, -0.2) is 17.7 Å². The molecule has 0 bridgehead atoms. The largest absolute Gasteiger partial charge is 0.378 e. The molecule has 1 fully saturated rings. The molecule has 3 aromatic rings. The van der Waals surface area contributed by atoms with Gasteiger partial charge in [-0.05, 0) is 37.1 Å². The van der Waals surface area contributed by atoms with Crippen LogP contribution in [0.25, 0.3) is 21.8 Å². The number of aromatic amines is 1. The Kier molecular flexibility index (Phi) is 3.27. The summed E-state index contributed by atoms with van der Waals surface area (Å²) in [6, 6.07) is 15.2. The molecule has 3 atom stereocenters. The van der Waals surface area contributed by atoms with Crippen molar-refractivity contribution >= 4 is 37.7 Å². The van der Waals surface area contributed by atoms with Crippen LogP contribution >= 0.6 is 15.9 Å². The number of nitrogens with one attached hydrogen (secondary N) is 1. The monoisotopic (exact) mass is 343 g/mol. The molecule has 3 unspecified atom stereocenters. The van der Waals surface area contributed by atoms with E-state index in [1.54, 1.807) is 0 Å². The van der Waals surface area contributed by atoms with Crippen LogP contribution in [-0.2, 0) is 4.74 Å². The first kappa shape index (κ1) is 13.4. The average Bonchev–Trinajstić information content (AvgIpc) is 3.09. The van der Waals surface area contributed by atoms with E-state index in [0.29, 0.717) is 16.8 Å². The van der Waals surface area contributed by atoms with Crippen molar-refractivity contribution in [2.75, 3.05) is 6.61 Å². The SMILES string of the molecule is CC1OCCC1C(Br)c1ccc2[nH]c3ccccc3c2c1. The third kappa shape index (κ3) is 2.19. The first-order valence-corrected chi connectivity index (χ1v) is 8.41. The van der Waals surface area contributed by atoms with Gasteiger partial charge in [-0.3, -0.25) is 0 Å². The summed E-state index contributed by atoms with van der Waals surface area (Å²) in [5, 5.41) is 2.60. The molecule has 1 saturated heterocycles. The molecule has 1 aromatic heterocycles. The van der Waals surface area contributed by atoms with Crippen LogP contribution in [0, 0.1) is 5.92 Å². The van der Waals surface area contributed by atoms with Gasteiger partial charge in [0.25, 0.3) is 0 Å². The predicted molar refractivity (Wildman–Crippen MR) is 91.0 cm³/mol. The van der Waals surface area contributed by atoms with Crippen LogP contribution in [0.4, 0.5) is 0 Å². The minimum atomic E-state index is 0.327. The van der Waals surface area contributed by atoms with Crippen molar-refractivity contribution in [3.05, 3.63) is 48.0 Å². The zero-order chi connectivity index (χ0) is 14.4. The van der Waals surface area contributed by atoms with Crippen molar-refractivity contribution in [1.82, 2.24) is 4.98 Å². The molecule has 1 N–H and O–H groups in total. The van der Waals surface area contributed by atoms with E-state index in [0.717, 1.165) is 13.0 Å². The molecule has 1 aliphatic rings. The third-order valence-corrected chi connectivity index (χ3v) is 5.87. The van der Waals surface area contributed by atoms with Gasteiger partial charge in [-0.25, -0.2) is 0 Å². The minimum Gasteiger partial charge on any atom is -0.378 e. The van der Waals surface area contributed by atoms with Gasteiger partial charge in [0.2, 0.25) is 0 Å². The van der Waals surface area contributed by atoms with Crippen molar-refractivity contribution < 1.29 is 4.74 Å². The maximum absolute atomic E-state index is 5.71. The number of benzene rings is 2. The highest BCUT2D eigenvalue weighted by Crippen LogP contribution is 2.40. The minimum absolute atomic E-state index is 0.327. The fraction of sp³-hybridized carbons (Fsp3) is 0.333.